The summed E-state index contributed by atoms with van der Waals surface area (Å²) in [6.07, 6.45) is 0. The molecule has 0 saturated heterocycles. The van der Waals surface area contributed by atoms with Gasteiger partial charge in [0.05, 0.1) is 11.8 Å². The lowest BCUT2D eigenvalue weighted by Gasteiger charge is -2.11. The van der Waals surface area contributed by atoms with Crippen LogP contribution in [-0.4, -0.2) is 0 Å². The van der Waals surface area contributed by atoms with Crippen molar-refractivity contribution in [3.8, 4) is 23.0 Å². The molecular weight excluding hydrogens is 343 g/mol. The van der Waals surface area contributed by atoms with Crippen molar-refractivity contribution < 1.29 is 9.47 Å². The minimum absolute atomic E-state index is 0.409. The Morgan fingerprint density at radius 2 is 0.917 bits per heavy atom. The Bertz CT molecular complexity index is 732. The Hall–Kier alpha value is -2.16. The van der Waals surface area contributed by atoms with Gasteiger partial charge in [-0.1, -0.05) is 36.4 Å². The van der Waals surface area contributed by atoms with Crippen LogP contribution in [0.25, 0.3) is 0 Å². The van der Waals surface area contributed by atoms with E-state index in [1.807, 2.05) is 72.8 Å². The standard InChI is InChI=1S/C20H16Cl2O2/c21-13-15-5-1-3-7-19(15)23-17-9-11-18(12-10-17)24-20-8-4-2-6-16(20)14-22/h1-12H,13-14H2. The Balaban J connectivity index is 1.74. The van der Waals surface area contributed by atoms with Crippen LogP contribution >= 0.6 is 23.2 Å². The van der Waals surface area contributed by atoms with Crippen molar-refractivity contribution in [2.45, 2.75) is 11.8 Å². The minimum atomic E-state index is 0.409. The lowest BCUT2D eigenvalue weighted by molar-refractivity contribution is 0.465. The number of ether oxygens (including phenoxy) is 2. The molecule has 0 bridgehead atoms. The number of hydrogen-bond donors (Lipinski definition) is 0. The zero-order valence-corrected chi connectivity index (χ0v) is 14.4. The highest BCUT2D eigenvalue weighted by molar-refractivity contribution is 6.17. The molecule has 24 heavy (non-hydrogen) atoms. The molecule has 0 heterocycles. The maximum atomic E-state index is 5.93. The van der Waals surface area contributed by atoms with E-state index in [0.717, 1.165) is 34.1 Å². The summed E-state index contributed by atoms with van der Waals surface area (Å²) in [6.45, 7) is 0. The van der Waals surface area contributed by atoms with Gasteiger partial charge in [-0.15, -0.1) is 23.2 Å². The molecule has 0 fully saturated rings. The molecule has 3 aromatic rings. The van der Waals surface area contributed by atoms with Crippen molar-refractivity contribution >= 4 is 23.2 Å². The molecule has 0 amide bonds. The summed E-state index contributed by atoms with van der Waals surface area (Å²) in [5.74, 6) is 3.79. The van der Waals surface area contributed by atoms with E-state index in [-0.39, 0.29) is 0 Å². The predicted octanol–water partition coefficient (Wildman–Crippen LogP) is 6.75. The van der Waals surface area contributed by atoms with E-state index < -0.39 is 0 Å². The number of benzene rings is 3. The number of halogens is 2. The van der Waals surface area contributed by atoms with E-state index in [2.05, 4.69) is 0 Å². The van der Waals surface area contributed by atoms with Crippen LogP contribution < -0.4 is 9.47 Å². The summed E-state index contributed by atoms with van der Waals surface area (Å²) in [5.41, 5.74) is 1.91. The van der Waals surface area contributed by atoms with Crippen LogP contribution in [0.4, 0.5) is 0 Å². The van der Waals surface area contributed by atoms with E-state index in [9.17, 15) is 0 Å². The third-order valence-electron chi connectivity index (χ3n) is 3.51. The molecule has 0 N–H and O–H groups in total. The molecule has 122 valence electrons. The van der Waals surface area contributed by atoms with Crippen LogP contribution in [0.5, 0.6) is 23.0 Å². The molecular formula is C20H16Cl2O2. The van der Waals surface area contributed by atoms with Gasteiger partial charge in [0.1, 0.15) is 23.0 Å². The summed E-state index contributed by atoms with van der Waals surface area (Å²) in [4.78, 5) is 0. The van der Waals surface area contributed by atoms with Gasteiger partial charge in [-0.3, -0.25) is 0 Å². The summed E-state index contributed by atoms with van der Waals surface area (Å²) in [7, 11) is 0. The lowest BCUT2D eigenvalue weighted by atomic mass is 10.2. The van der Waals surface area contributed by atoms with E-state index in [0.29, 0.717) is 11.8 Å². The topological polar surface area (TPSA) is 18.5 Å². The predicted molar refractivity (Wildman–Crippen MR) is 98.6 cm³/mol. The number of rotatable bonds is 6. The van der Waals surface area contributed by atoms with Gasteiger partial charge in [-0.25, -0.2) is 0 Å². The Kier molecular flexibility index (Phi) is 5.63. The summed E-state index contributed by atoms with van der Waals surface area (Å²) >= 11 is 11.9. The fourth-order valence-electron chi connectivity index (χ4n) is 2.26. The van der Waals surface area contributed by atoms with Gasteiger partial charge in [0.25, 0.3) is 0 Å². The Morgan fingerprint density at radius 3 is 1.29 bits per heavy atom. The van der Waals surface area contributed by atoms with Crippen molar-refractivity contribution in [3.63, 3.8) is 0 Å². The molecule has 0 aromatic heterocycles. The number of hydrogen-bond acceptors (Lipinski definition) is 2. The summed E-state index contributed by atoms with van der Waals surface area (Å²) in [5, 5.41) is 0. The maximum Gasteiger partial charge on any atom is 0.131 e. The van der Waals surface area contributed by atoms with Gasteiger partial charge in [0, 0.05) is 11.1 Å². The van der Waals surface area contributed by atoms with Crippen molar-refractivity contribution in [1.29, 1.82) is 0 Å². The molecule has 0 radical (unpaired) electrons. The van der Waals surface area contributed by atoms with Gasteiger partial charge in [0.15, 0.2) is 0 Å². The SMILES string of the molecule is ClCc1ccccc1Oc1ccc(Oc2ccccc2CCl)cc1. The van der Waals surface area contributed by atoms with Crippen molar-refractivity contribution in [2.75, 3.05) is 0 Å². The van der Waals surface area contributed by atoms with E-state index in [1.165, 1.54) is 0 Å². The average molecular weight is 359 g/mol. The van der Waals surface area contributed by atoms with Gasteiger partial charge in [-0.05, 0) is 36.4 Å². The number of para-hydroxylation sites is 2. The van der Waals surface area contributed by atoms with Crippen LogP contribution in [0.1, 0.15) is 11.1 Å². The zero-order chi connectivity index (χ0) is 16.8. The second-order valence-corrected chi connectivity index (χ2v) is 5.69. The fraction of sp³-hybridized carbons (Fsp3) is 0.100. The molecule has 0 saturated carbocycles. The summed E-state index contributed by atoms with van der Waals surface area (Å²) in [6, 6.07) is 22.9. The van der Waals surface area contributed by atoms with E-state index in [1.54, 1.807) is 0 Å². The molecule has 0 atom stereocenters. The summed E-state index contributed by atoms with van der Waals surface area (Å²) < 4.78 is 11.8. The third-order valence-corrected chi connectivity index (χ3v) is 4.09. The van der Waals surface area contributed by atoms with Crippen LogP contribution in [0.2, 0.25) is 0 Å². The Labute approximate surface area is 151 Å². The molecule has 3 aromatic carbocycles. The molecule has 0 aliphatic heterocycles. The normalized spacial score (nSPS) is 10.4. The zero-order valence-electron chi connectivity index (χ0n) is 12.9. The highest BCUT2D eigenvalue weighted by atomic mass is 35.5. The van der Waals surface area contributed by atoms with E-state index >= 15 is 0 Å². The largest absolute Gasteiger partial charge is 0.457 e. The smallest absolute Gasteiger partial charge is 0.131 e. The van der Waals surface area contributed by atoms with E-state index in [4.69, 9.17) is 32.7 Å². The highest BCUT2D eigenvalue weighted by Gasteiger charge is 2.06. The minimum Gasteiger partial charge on any atom is -0.457 e. The van der Waals surface area contributed by atoms with Gasteiger partial charge < -0.3 is 9.47 Å². The first-order valence-electron chi connectivity index (χ1n) is 7.53. The lowest BCUT2D eigenvalue weighted by Crippen LogP contribution is -1.91. The first-order valence-corrected chi connectivity index (χ1v) is 8.60. The van der Waals surface area contributed by atoms with Crippen LogP contribution in [0.3, 0.4) is 0 Å². The second kappa shape index (κ2) is 8.09. The third kappa shape index (κ3) is 4.02. The maximum absolute atomic E-state index is 5.93. The van der Waals surface area contributed by atoms with Gasteiger partial charge in [0.2, 0.25) is 0 Å². The van der Waals surface area contributed by atoms with Crippen LogP contribution in [0.15, 0.2) is 72.8 Å². The Morgan fingerprint density at radius 1 is 0.542 bits per heavy atom. The van der Waals surface area contributed by atoms with Crippen molar-refractivity contribution in [1.82, 2.24) is 0 Å². The molecule has 0 unspecified atom stereocenters. The van der Waals surface area contributed by atoms with Crippen LogP contribution in [-0.2, 0) is 11.8 Å². The molecule has 0 aliphatic carbocycles. The highest BCUT2D eigenvalue weighted by Crippen LogP contribution is 2.30. The molecule has 4 heteroatoms. The quantitative estimate of drug-likeness (QED) is 0.453. The average Bonchev–Trinajstić information content (AvgIpc) is 2.64. The van der Waals surface area contributed by atoms with Crippen molar-refractivity contribution in [3.05, 3.63) is 83.9 Å². The van der Waals surface area contributed by atoms with Crippen molar-refractivity contribution in [2.24, 2.45) is 0 Å². The van der Waals surface area contributed by atoms with Gasteiger partial charge >= 0.3 is 0 Å². The second-order valence-electron chi connectivity index (χ2n) is 5.16. The fourth-order valence-corrected chi connectivity index (χ4v) is 2.70. The number of alkyl halides is 2. The van der Waals surface area contributed by atoms with Crippen LogP contribution in [0, 0.1) is 0 Å². The molecule has 2 nitrogen and oxygen atoms in total. The monoisotopic (exact) mass is 358 g/mol. The first-order chi connectivity index (χ1) is 11.8. The van der Waals surface area contributed by atoms with Gasteiger partial charge in [-0.2, -0.15) is 0 Å². The molecule has 0 spiro atoms. The molecule has 0 aliphatic rings. The first kappa shape index (κ1) is 16.7. The molecule has 3 rings (SSSR count).